The highest BCUT2D eigenvalue weighted by Gasteiger charge is 2.22. The molecule has 1 unspecified atom stereocenters. The van der Waals surface area contributed by atoms with Crippen LogP contribution in [0.4, 0.5) is 0 Å². The van der Waals surface area contributed by atoms with Crippen LogP contribution < -0.4 is 5.32 Å². The molecule has 0 fully saturated rings. The molecule has 2 aromatic rings. The number of hydrogen-bond acceptors (Lipinski definition) is 3. The van der Waals surface area contributed by atoms with Crippen molar-refractivity contribution in [3.05, 3.63) is 41.7 Å². The molecule has 19 heavy (non-hydrogen) atoms. The van der Waals surface area contributed by atoms with Crippen LogP contribution in [0, 0.1) is 6.92 Å². The largest absolute Gasteiger partial charge is 0.305 e. The van der Waals surface area contributed by atoms with Gasteiger partial charge in [0.15, 0.2) is 0 Å². The van der Waals surface area contributed by atoms with Crippen molar-refractivity contribution in [1.82, 2.24) is 5.32 Å². The number of fused-ring (bicyclic) bond motifs is 1. The third kappa shape index (κ3) is 2.68. The Balaban J connectivity index is 1.95. The zero-order valence-corrected chi connectivity index (χ0v) is 14.5. The second-order valence-corrected chi connectivity index (χ2v) is 8.30. The molecule has 0 saturated heterocycles. The summed E-state index contributed by atoms with van der Waals surface area (Å²) in [6.45, 7) is 5.36. The number of rotatable bonds is 4. The smallest absolute Gasteiger partial charge is 0.0765 e. The van der Waals surface area contributed by atoms with E-state index in [1.54, 1.807) is 10.4 Å². The van der Waals surface area contributed by atoms with Crippen molar-refractivity contribution in [2.45, 2.75) is 39.2 Å². The van der Waals surface area contributed by atoms with E-state index >= 15 is 0 Å². The predicted octanol–water partition coefficient (Wildman–Crippen LogP) is 5.07. The van der Waals surface area contributed by atoms with Crippen LogP contribution in [0.15, 0.2) is 16.6 Å². The fourth-order valence-corrected chi connectivity index (χ4v) is 5.75. The van der Waals surface area contributed by atoms with Gasteiger partial charge in [-0.3, -0.25) is 0 Å². The molecule has 1 nitrogen and oxygen atoms in total. The molecule has 0 aliphatic heterocycles. The zero-order chi connectivity index (χ0) is 13.4. The van der Waals surface area contributed by atoms with Crippen molar-refractivity contribution in [3.8, 4) is 0 Å². The fourth-order valence-electron chi connectivity index (χ4n) is 2.66. The van der Waals surface area contributed by atoms with Crippen molar-refractivity contribution in [2.24, 2.45) is 0 Å². The average Bonchev–Trinajstić information content (AvgIpc) is 3.02. The molecule has 2 heterocycles. The van der Waals surface area contributed by atoms with Crippen LogP contribution in [0.2, 0.25) is 0 Å². The van der Waals surface area contributed by atoms with Crippen molar-refractivity contribution in [2.75, 3.05) is 6.54 Å². The minimum absolute atomic E-state index is 0.371. The van der Waals surface area contributed by atoms with E-state index in [-0.39, 0.29) is 0 Å². The van der Waals surface area contributed by atoms with Crippen LogP contribution in [0.5, 0.6) is 0 Å². The Bertz CT molecular complexity index is 544. The normalized spacial score (nSPS) is 15.7. The number of thiophene rings is 2. The summed E-state index contributed by atoms with van der Waals surface area (Å²) in [6, 6.07) is 5.08. The van der Waals surface area contributed by atoms with Crippen LogP contribution >= 0.6 is 38.6 Å². The molecule has 0 bridgehead atoms. The van der Waals surface area contributed by atoms with E-state index < -0.39 is 0 Å². The van der Waals surface area contributed by atoms with Crippen molar-refractivity contribution in [1.29, 1.82) is 0 Å². The van der Waals surface area contributed by atoms with Crippen molar-refractivity contribution >= 4 is 38.6 Å². The van der Waals surface area contributed by atoms with Crippen LogP contribution in [-0.2, 0) is 12.8 Å². The Morgan fingerprint density at radius 2 is 2.05 bits per heavy atom. The van der Waals surface area contributed by atoms with Gasteiger partial charge in [0.05, 0.1) is 6.04 Å². The minimum Gasteiger partial charge on any atom is -0.305 e. The minimum atomic E-state index is 0.371. The standard InChI is InChI=1S/C15H18BrNS2/c1-3-17-15(14-8-11(16)9(2)18-14)13-7-10-5-4-6-12(10)19-13/h7-8,15,17H,3-6H2,1-2H3. The van der Waals surface area contributed by atoms with Gasteiger partial charge in [-0.15, -0.1) is 22.7 Å². The lowest BCUT2D eigenvalue weighted by atomic mass is 10.1. The lowest BCUT2D eigenvalue weighted by Gasteiger charge is -2.14. The topological polar surface area (TPSA) is 12.0 Å². The first-order valence-electron chi connectivity index (χ1n) is 6.79. The van der Waals surface area contributed by atoms with E-state index in [0.29, 0.717) is 6.04 Å². The van der Waals surface area contributed by atoms with E-state index in [1.807, 2.05) is 22.7 Å². The molecular formula is C15H18BrNS2. The van der Waals surface area contributed by atoms with Crippen LogP contribution in [-0.4, -0.2) is 6.54 Å². The highest BCUT2D eigenvalue weighted by atomic mass is 79.9. The Labute approximate surface area is 131 Å². The lowest BCUT2D eigenvalue weighted by Crippen LogP contribution is -2.20. The third-order valence-electron chi connectivity index (χ3n) is 3.62. The Kier molecular flexibility index (Phi) is 4.13. The number of halogens is 1. The maximum absolute atomic E-state index is 3.64. The molecular weight excluding hydrogens is 338 g/mol. The summed E-state index contributed by atoms with van der Waals surface area (Å²) in [5.41, 5.74) is 1.59. The van der Waals surface area contributed by atoms with Crippen molar-refractivity contribution < 1.29 is 0 Å². The zero-order valence-electron chi connectivity index (χ0n) is 11.3. The van der Waals surface area contributed by atoms with Gasteiger partial charge in [0.2, 0.25) is 0 Å². The third-order valence-corrected chi connectivity index (χ3v) is 7.12. The lowest BCUT2D eigenvalue weighted by molar-refractivity contribution is 0.648. The Morgan fingerprint density at radius 3 is 2.68 bits per heavy atom. The van der Waals surface area contributed by atoms with Gasteiger partial charge in [0.25, 0.3) is 0 Å². The van der Waals surface area contributed by atoms with Gasteiger partial charge in [-0.1, -0.05) is 6.92 Å². The van der Waals surface area contributed by atoms with Crippen molar-refractivity contribution in [3.63, 3.8) is 0 Å². The molecule has 1 N–H and O–H groups in total. The van der Waals surface area contributed by atoms with Gasteiger partial charge < -0.3 is 5.32 Å². The van der Waals surface area contributed by atoms with E-state index in [4.69, 9.17) is 0 Å². The number of aryl methyl sites for hydroxylation is 3. The van der Waals surface area contributed by atoms with Crippen LogP contribution in [0.1, 0.15) is 44.5 Å². The molecule has 0 radical (unpaired) electrons. The number of hydrogen-bond donors (Lipinski definition) is 1. The quantitative estimate of drug-likeness (QED) is 0.807. The van der Waals surface area contributed by atoms with Gasteiger partial charge in [0.1, 0.15) is 0 Å². The van der Waals surface area contributed by atoms with Gasteiger partial charge in [-0.05, 0) is 66.4 Å². The molecule has 102 valence electrons. The Morgan fingerprint density at radius 1 is 1.26 bits per heavy atom. The Hall–Kier alpha value is -0.160. The summed E-state index contributed by atoms with van der Waals surface area (Å²) in [5.74, 6) is 0. The summed E-state index contributed by atoms with van der Waals surface area (Å²) in [5, 5.41) is 3.64. The predicted molar refractivity (Wildman–Crippen MR) is 88.6 cm³/mol. The monoisotopic (exact) mass is 355 g/mol. The van der Waals surface area contributed by atoms with E-state index in [0.717, 1.165) is 6.54 Å². The summed E-state index contributed by atoms with van der Waals surface area (Å²) in [4.78, 5) is 5.89. The second-order valence-electron chi connectivity index (χ2n) is 4.99. The molecule has 0 amide bonds. The fraction of sp³-hybridized carbons (Fsp3) is 0.467. The second kappa shape index (κ2) is 5.68. The molecule has 4 heteroatoms. The summed E-state index contributed by atoms with van der Waals surface area (Å²) >= 11 is 7.54. The summed E-state index contributed by atoms with van der Waals surface area (Å²) in [6.07, 6.45) is 3.90. The molecule has 0 aromatic carbocycles. The maximum atomic E-state index is 3.64. The van der Waals surface area contributed by atoms with Gasteiger partial charge in [-0.2, -0.15) is 0 Å². The molecule has 1 atom stereocenters. The summed E-state index contributed by atoms with van der Waals surface area (Å²) < 4.78 is 1.24. The van der Waals surface area contributed by atoms with Gasteiger partial charge >= 0.3 is 0 Å². The first kappa shape index (κ1) is 13.8. The summed E-state index contributed by atoms with van der Waals surface area (Å²) in [7, 11) is 0. The molecule has 0 saturated carbocycles. The SMILES string of the molecule is CCNC(c1cc(Br)c(C)s1)c1cc2c(s1)CCC2. The molecule has 0 spiro atoms. The van der Waals surface area contributed by atoms with Gasteiger partial charge in [-0.25, -0.2) is 0 Å². The van der Waals surface area contributed by atoms with E-state index in [9.17, 15) is 0 Å². The maximum Gasteiger partial charge on any atom is 0.0765 e. The van der Waals surface area contributed by atoms with E-state index in [1.165, 1.54) is 38.4 Å². The first-order chi connectivity index (χ1) is 9.19. The van der Waals surface area contributed by atoms with Crippen LogP contribution in [0.3, 0.4) is 0 Å². The van der Waals surface area contributed by atoms with Crippen LogP contribution in [0.25, 0.3) is 0 Å². The molecule has 3 rings (SSSR count). The molecule has 2 aromatic heterocycles. The van der Waals surface area contributed by atoms with Gasteiger partial charge in [0, 0.05) is 24.0 Å². The van der Waals surface area contributed by atoms with E-state index in [2.05, 4.69) is 47.2 Å². The first-order valence-corrected chi connectivity index (χ1v) is 9.22. The highest BCUT2D eigenvalue weighted by Crippen LogP contribution is 2.39. The molecule has 1 aliphatic carbocycles. The number of nitrogens with one attached hydrogen (secondary N) is 1. The average molecular weight is 356 g/mol. The molecule has 1 aliphatic rings. The highest BCUT2D eigenvalue weighted by molar-refractivity contribution is 9.10.